The molecule has 2 atom stereocenters. The van der Waals surface area contributed by atoms with Gasteiger partial charge < -0.3 is 15.9 Å². The maximum atomic E-state index is 13.0. The Morgan fingerprint density at radius 1 is 1.43 bits per heavy atom. The van der Waals surface area contributed by atoms with Gasteiger partial charge in [0.15, 0.2) is 11.6 Å². The molecular weight excluding hydrogens is 185 g/mol. The van der Waals surface area contributed by atoms with Gasteiger partial charge >= 0.3 is 0 Å². The molecule has 0 radical (unpaired) electrons. The third-order valence-corrected chi connectivity index (χ3v) is 2.24. The fourth-order valence-electron chi connectivity index (χ4n) is 1.34. The molecule has 0 spiro atoms. The number of nitrogens with two attached hydrogens (primary N) is 1. The van der Waals surface area contributed by atoms with Crippen molar-refractivity contribution in [3.05, 3.63) is 29.1 Å². The van der Waals surface area contributed by atoms with Crippen molar-refractivity contribution >= 4 is 0 Å². The third kappa shape index (κ3) is 1.86. The molecule has 0 heterocycles. The number of aliphatic hydroxyl groups excluding tert-OH is 1. The molecule has 0 aromatic heterocycles. The summed E-state index contributed by atoms with van der Waals surface area (Å²) in [6, 6.07) is 1.92. The second-order valence-corrected chi connectivity index (χ2v) is 3.39. The van der Waals surface area contributed by atoms with Gasteiger partial charge in [-0.15, -0.1) is 0 Å². The van der Waals surface area contributed by atoms with Crippen LogP contribution in [0.25, 0.3) is 0 Å². The summed E-state index contributed by atoms with van der Waals surface area (Å²) in [6.45, 7) is 3.20. The van der Waals surface area contributed by atoms with Gasteiger partial charge in [0.25, 0.3) is 0 Å². The molecule has 0 unspecified atom stereocenters. The van der Waals surface area contributed by atoms with E-state index in [9.17, 15) is 14.6 Å². The van der Waals surface area contributed by atoms with Gasteiger partial charge in [-0.1, -0.05) is 6.07 Å². The lowest BCUT2D eigenvalue weighted by molar-refractivity contribution is 0.162. The van der Waals surface area contributed by atoms with E-state index in [0.717, 1.165) is 0 Å². The molecule has 0 saturated carbocycles. The SMILES string of the molecule is Cc1ccc(F)c(O)c1[C@H](N)[C@@H](C)O. The summed E-state index contributed by atoms with van der Waals surface area (Å²) < 4.78 is 13.0. The smallest absolute Gasteiger partial charge is 0.165 e. The van der Waals surface area contributed by atoms with Crippen molar-refractivity contribution in [2.75, 3.05) is 0 Å². The van der Waals surface area contributed by atoms with Gasteiger partial charge in [0.05, 0.1) is 12.1 Å². The molecule has 1 aromatic rings. The van der Waals surface area contributed by atoms with Gasteiger partial charge in [-0.25, -0.2) is 4.39 Å². The molecule has 0 bridgehead atoms. The molecule has 4 heteroatoms. The van der Waals surface area contributed by atoms with Gasteiger partial charge in [0.2, 0.25) is 0 Å². The van der Waals surface area contributed by atoms with Crippen LogP contribution in [0.2, 0.25) is 0 Å². The van der Waals surface area contributed by atoms with Crippen LogP contribution < -0.4 is 5.73 Å². The Morgan fingerprint density at radius 3 is 2.50 bits per heavy atom. The number of aliphatic hydroxyl groups is 1. The van der Waals surface area contributed by atoms with Crippen LogP contribution in [0.4, 0.5) is 4.39 Å². The van der Waals surface area contributed by atoms with E-state index in [1.165, 1.54) is 19.1 Å². The first-order valence-corrected chi connectivity index (χ1v) is 4.36. The van der Waals surface area contributed by atoms with E-state index >= 15 is 0 Å². The van der Waals surface area contributed by atoms with E-state index in [1.807, 2.05) is 0 Å². The highest BCUT2D eigenvalue weighted by Crippen LogP contribution is 2.30. The minimum atomic E-state index is -0.832. The molecule has 3 nitrogen and oxygen atoms in total. The van der Waals surface area contributed by atoms with Crippen molar-refractivity contribution in [3.63, 3.8) is 0 Å². The Morgan fingerprint density at radius 2 is 2.00 bits per heavy atom. The zero-order valence-corrected chi connectivity index (χ0v) is 8.16. The maximum absolute atomic E-state index is 13.0. The zero-order chi connectivity index (χ0) is 10.9. The van der Waals surface area contributed by atoms with Crippen LogP contribution in [0.3, 0.4) is 0 Å². The molecule has 78 valence electrons. The first-order valence-electron chi connectivity index (χ1n) is 4.36. The Bertz CT molecular complexity index is 339. The van der Waals surface area contributed by atoms with Crippen LogP contribution in [0.5, 0.6) is 5.75 Å². The minimum absolute atomic E-state index is 0.264. The zero-order valence-electron chi connectivity index (χ0n) is 8.16. The van der Waals surface area contributed by atoms with Crippen molar-refractivity contribution in [2.45, 2.75) is 26.0 Å². The molecule has 0 aliphatic rings. The summed E-state index contributed by atoms with van der Waals surface area (Å²) in [6.07, 6.45) is -0.832. The van der Waals surface area contributed by atoms with E-state index in [4.69, 9.17) is 5.73 Å². The largest absolute Gasteiger partial charge is 0.505 e. The summed E-state index contributed by atoms with van der Waals surface area (Å²) in [5.41, 5.74) is 6.56. The number of hydrogen-bond acceptors (Lipinski definition) is 3. The number of hydrogen-bond donors (Lipinski definition) is 3. The number of benzene rings is 1. The van der Waals surface area contributed by atoms with Gasteiger partial charge in [-0.2, -0.15) is 0 Å². The molecule has 1 aromatic carbocycles. The quantitative estimate of drug-likeness (QED) is 0.671. The summed E-state index contributed by atoms with van der Waals surface area (Å²) in [5, 5.41) is 18.7. The summed E-state index contributed by atoms with van der Waals surface area (Å²) in [7, 11) is 0. The van der Waals surface area contributed by atoms with Crippen molar-refractivity contribution in [1.82, 2.24) is 0 Å². The summed E-state index contributed by atoms with van der Waals surface area (Å²) >= 11 is 0. The molecule has 14 heavy (non-hydrogen) atoms. The van der Waals surface area contributed by atoms with Crippen molar-refractivity contribution in [3.8, 4) is 5.75 Å². The molecule has 0 aliphatic heterocycles. The second-order valence-electron chi connectivity index (χ2n) is 3.39. The van der Waals surface area contributed by atoms with Gasteiger partial charge in [-0.05, 0) is 25.5 Å². The number of halogens is 1. The number of phenols is 1. The van der Waals surface area contributed by atoms with Crippen LogP contribution in [0.15, 0.2) is 12.1 Å². The van der Waals surface area contributed by atoms with Crippen LogP contribution in [-0.2, 0) is 0 Å². The molecule has 0 saturated heterocycles. The van der Waals surface area contributed by atoms with E-state index < -0.39 is 23.7 Å². The molecule has 0 amide bonds. The minimum Gasteiger partial charge on any atom is -0.505 e. The van der Waals surface area contributed by atoms with Crippen molar-refractivity contribution < 1.29 is 14.6 Å². The lowest BCUT2D eigenvalue weighted by atomic mass is 9.97. The van der Waals surface area contributed by atoms with Crippen LogP contribution in [0, 0.1) is 12.7 Å². The average molecular weight is 199 g/mol. The molecule has 1 rings (SSSR count). The summed E-state index contributed by atoms with van der Waals surface area (Å²) in [5.74, 6) is -1.19. The van der Waals surface area contributed by atoms with Gasteiger partial charge in [-0.3, -0.25) is 0 Å². The molecular formula is C10H14FNO2. The van der Waals surface area contributed by atoms with Crippen molar-refractivity contribution in [2.24, 2.45) is 5.73 Å². The Hall–Kier alpha value is -1.13. The van der Waals surface area contributed by atoms with Crippen LogP contribution in [0.1, 0.15) is 24.1 Å². The lowest BCUT2D eigenvalue weighted by Crippen LogP contribution is -2.24. The maximum Gasteiger partial charge on any atom is 0.165 e. The summed E-state index contributed by atoms with van der Waals surface area (Å²) in [4.78, 5) is 0. The highest BCUT2D eigenvalue weighted by molar-refractivity contribution is 5.42. The topological polar surface area (TPSA) is 66.5 Å². The Kier molecular flexibility index (Phi) is 3.08. The standard InChI is InChI=1S/C10H14FNO2/c1-5-3-4-7(11)10(14)8(5)9(12)6(2)13/h3-4,6,9,13-14H,12H2,1-2H3/t6-,9-/m1/s1. The number of phenolic OH excluding ortho intramolecular Hbond substituents is 1. The fourth-order valence-corrected chi connectivity index (χ4v) is 1.34. The van der Waals surface area contributed by atoms with E-state index in [2.05, 4.69) is 0 Å². The Balaban J connectivity index is 3.25. The molecule has 0 aliphatic carbocycles. The lowest BCUT2D eigenvalue weighted by Gasteiger charge is -2.18. The van der Waals surface area contributed by atoms with E-state index in [1.54, 1.807) is 6.92 Å². The average Bonchev–Trinajstić information content (AvgIpc) is 2.12. The van der Waals surface area contributed by atoms with Crippen LogP contribution in [-0.4, -0.2) is 16.3 Å². The first kappa shape index (κ1) is 10.9. The molecule has 0 fully saturated rings. The first-order chi connectivity index (χ1) is 6.45. The predicted octanol–water partition coefficient (Wildman–Crippen LogP) is 1.22. The number of aryl methyl sites for hydroxylation is 1. The second kappa shape index (κ2) is 3.94. The monoisotopic (exact) mass is 199 g/mol. The molecule has 4 N–H and O–H groups in total. The normalized spacial score (nSPS) is 15.2. The highest BCUT2D eigenvalue weighted by atomic mass is 19.1. The number of rotatable bonds is 2. The van der Waals surface area contributed by atoms with Crippen molar-refractivity contribution in [1.29, 1.82) is 0 Å². The highest BCUT2D eigenvalue weighted by Gasteiger charge is 2.20. The van der Waals surface area contributed by atoms with Gasteiger partial charge in [0, 0.05) is 5.56 Å². The predicted molar refractivity (Wildman–Crippen MR) is 51.4 cm³/mol. The third-order valence-electron chi connectivity index (χ3n) is 2.24. The Labute approximate surface area is 82.0 Å². The van der Waals surface area contributed by atoms with E-state index in [-0.39, 0.29) is 5.56 Å². The number of aromatic hydroxyl groups is 1. The van der Waals surface area contributed by atoms with E-state index in [0.29, 0.717) is 5.56 Å². The van der Waals surface area contributed by atoms with Crippen LogP contribution >= 0.6 is 0 Å². The fraction of sp³-hybridized carbons (Fsp3) is 0.400. The van der Waals surface area contributed by atoms with Gasteiger partial charge in [0.1, 0.15) is 0 Å².